The van der Waals surface area contributed by atoms with Crippen LogP contribution in [0.25, 0.3) is 16.7 Å². The molecule has 1 aliphatic heterocycles. The molecular weight excluding hydrogens is 441 g/mol. The number of carbonyl (C=O) groups is 3. The van der Waals surface area contributed by atoms with Gasteiger partial charge in [-0.3, -0.25) is 14.4 Å². The molecule has 5 rings (SSSR count). The highest BCUT2D eigenvalue weighted by Crippen LogP contribution is 2.26. The zero-order valence-electron chi connectivity index (χ0n) is 18.2. The van der Waals surface area contributed by atoms with E-state index in [-0.39, 0.29) is 41.3 Å². The van der Waals surface area contributed by atoms with Crippen LogP contribution in [-0.4, -0.2) is 78.3 Å². The second-order valence-corrected chi connectivity index (χ2v) is 7.90. The Bertz CT molecular complexity index is 1400. The molecular formula is C23H20FN7O3. The lowest BCUT2D eigenvalue weighted by Gasteiger charge is -2.34. The molecule has 34 heavy (non-hydrogen) atoms. The Kier molecular flexibility index (Phi) is 5.36. The van der Waals surface area contributed by atoms with Crippen molar-refractivity contribution in [1.82, 2.24) is 34.5 Å². The highest BCUT2D eigenvalue weighted by Gasteiger charge is 2.31. The fourth-order valence-electron chi connectivity index (χ4n) is 4.03. The number of aromatic nitrogens is 5. The third-order valence-electron chi connectivity index (χ3n) is 5.78. The maximum Gasteiger partial charge on any atom is 0.295 e. The van der Waals surface area contributed by atoms with Gasteiger partial charge in [0.2, 0.25) is 0 Å². The van der Waals surface area contributed by atoms with E-state index in [9.17, 15) is 18.8 Å². The standard InChI is InChI=1S/C23H20FN7O3/c1-14-27-13-31(28-14)21-19-18(17(24)12-26-21)16(11-25-19)20(32)23(34)30-9-7-29(8-10-30)22(33)15-5-3-2-4-6-15/h2-6,11-13,25H,7-10H2,1H3. The molecule has 1 aliphatic rings. The summed E-state index contributed by atoms with van der Waals surface area (Å²) in [5.74, 6) is -1.67. The number of aromatic amines is 1. The van der Waals surface area contributed by atoms with Gasteiger partial charge in [-0.2, -0.15) is 5.10 Å². The molecule has 10 nitrogen and oxygen atoms in total. The zero-order valence-corrected chi connectivity index (χ0v) is 18.2. The Morgan fingerprint density at radius 3 is 2.38 bits per heavy atom. The van der Waals surface area contributed by atoms with Crippen molar-refractivity contribution in [3.63, 3.8) is 0 Å². The van der Waals surface area contributed by atoms with Gasteiger partial charge in [0.1, 0.15) is 12.2 Å². The Morgan fingerprint density at radius 2 is 1.71 bits per heavy atom. The number of amides is 2. The summed E-state index contributed by atoms with van der Waals surface area (Å²) in [5, 5.41) is 4.14. The summed E-state index contributed by atoms with van der Waals surface area (Å²) >= 11 is 0. The Balaban J connectivity index is 1.35. The van der Waals surface area contributed by atoms with E-state index < -0.39 is 17.5 Å². The summed E-state index contributed by atoms with van der Waals surface area (Å²) in [6.07, 6.45) is 3.72. The van der Waals surface area contributed by atoms with Crippen LogP contribution in [0, 0.1) is 12.7 Å². The monoisotopic (exact) mass is 461 g/mol. The van der Waals surface area contributed by atoms with Crippen molar-refractivity contribution in [2.75, 3.05) is 26.2 Å². The smallest absolute Gasteiger partial charge is 0.295 e. The summed E-state index contributed by atoms with van der Waals surface area (Å²) in [5.41, 5.74) is 0.722. The van der Waals surface area contributed by atoms with E-state index in [1.807, 2.05) is 6.07 Å². The largest absolute Gasteiger partial charge is 0.357 e. The number of nitrogens with zero attached hydrogens (tertiary/aromatic N) is 6. The van der Waals surface area contributed by atoms with Gasteiger partial charge in [0.15, 0.2) is 11.6 Å². The summed E-state index contributed by atoms with van der Waals surface area (Å²) in [7, 11) is 0. The molecule has 0 unspecified atom stereocenters. The Hall–Kier alpha value is -4.41. The number of ketones is 1. The minimum absolute atomic E-state index is 0.0330. The van der Waals surface area contributed by atoms with Crippen LogP contribution in [0.2, 0.25) is 0 Å². The Labute approximate surface area is 193 Å². The predicted molar refractivity (Wildman–Crippen MR) is 119 cm³/mol. The molecule has 0 radical (unpaired) electrons. The lowest BCUT2D eigenvalue weighted by Crippen LogP contribution is -2.52. The number of H-pyrrole nitrogens is 1. The summed E-state index contributed by atoms with van der Waals surface area (Å²) in [6.45, 7) is 2.72. The minimum atomic E-state index is -0.833. The molecule has 0 aliphatic carbocycles. The number of pyridine rings is 1. The van der Waals surface area contributed by atoms with E-state index in [2.05, 4.69) is 20.1 Å². The summed E-state index contributed by atoms with van der Waals surface area (Å²) < 4.78 is 16.1. The predicted octanol–water partition coefficient (Wildman–Crippen LogP) is 1.76. The van der Waals surface area contributed by atoms with Gasteiger partial charge >= 0.3 is 0 Å². The number of hydrogen-bond acceptors (Lipinski definition) is 6. The molecule has 3 aromatic heterocycles. The number of nitrogens with one attached hydrogen (secondary N) is 1. The molecule has 0 saturated carbocycles. The number of rotatable bonds is 4. The maximum absolute atomic E-state index is 14.7. The molecule has 4 aromatic rings. The lowest BCUT2D eigenvalue weighted by atomic mass is 10.1. The van der Waals surface area contributed by atoms with Crippen molar-refractivity contribution in [3.8, 4) is 5.82 Å². The van der Waals surface area contributed by atoms with Crippen molar-refractivity contribution in [2.24, 2.45) is 0 Å². The van der Waals surface area contributed by atoms with E-state index in [4.69, 9.17) is 0 Å². The first-order valence-electron chi connectivity index (χ1n) is 10.7. The molecule has 172 valence electrons. The molecule has 1 aromatic carbocycles. The van der Waals surface area contributed by atoms with Gasteiger partial charge in [-0.15, -0.1) is 0 Å². The van der Waals surface area contributed by atoms with Crippen molar-refractivity contribution in [1.29, 1.82) is 0 Å². The van der Waals surface area contributed by atoms with Gasteiger partial charge in [-0.1, -0.05) is 18.2 Å². The quantitative estimate of drug-likeness (QED) is 0.366. The van der Waals surface area contributed by atoms with Gasteiger partial charge in [-0.05, 0) is 19.1 Å². The molecule has 0 bridgehead atoms. The number of halogens is 1. The van der Waals surface area contributed by atoms with Crippen LogP contribution in [0.4, 0.5) is 4.39 Å². The van der Waals surface area contributed by atoms with Gasteiger partial charge in [0, 0.05) is 37.9 Å². The first-order valence-corrected chi connectivity index (χ1v) is 10.7. The zero-order chi connectivity index (χ0) is 23.8. The van der Waals surface area contributed by atoms with E-state index in [1.165, 1.54) is 22.1 Å². The molecule has 2 amide bonds. The van der Waals surface area contributed by atoms with Crippen LogP contribution >= 0.6 is 0 Å². The van der Waals surface area contributed by atoms with Gasteiger partial charge in [0.25, 0.3) is 17.6 Å². The number of piperazine rings is 1. The Morgan fingerprint density at radius 1 is 1.00 bits per heavy atom. The highest BCUT2D eigenvalue weighted by atomic mass is 19.1. The number of hydrogen-bond donors (Lipinski definition) is 1. The summed E-state index contributed by atoms with van der Waals surface area (Å²) in [4.78, 5) is 52.6. The average molecular weight is 461 g/mol. The molecule has 1 N–H and O–H groups in total. The second kappa shape index (κ2) is 8.50. The van der Waals surface area contributed by atoms with Crippen LogP contribution in [0.1, 0.15) is 26.5 Å². The number of fused-ring (bicyclic) bond motifs is 1. The topological polar surface area (TPSA) is 117 Å². The van der Waals surface area contributed by atoms with Crippen molar-refractivity contribution in [3.05, 3.63) is 71.8 Å². The first-order chi connectivity index (χ1) is 16.4. The van der Waals surface area contributed by atoms with E-state index in [0.29, 0.717) is 24.5 Å². The SMILES string of the molecule is Cc1ncn(-c2ncc(F)c3c(C(=O)C(=O)N4CCN(C(=O)c5ccccc5)CC4)c[nH]c23)n1. The van der Waals surface area contributed by atoms with Crippen molar-refractivity contribution in [2.45, 2.75) is 6.92 Å². The van der Waals surface area contributed by atoms with E-state index in [1.54, 1.807) is 36.1 Å². The van der Waals surface area contributed by atoms with Crippen molar-refractivity contribution < 1.29 is 18.8 Å². The average Bonchev–Trinajstić information content (AvgIpc) is 3.51. The first kappa shape index (κ1) is 21.4. The van der Waals surface area contributed by atoms with Crippen LogP contribution < -0.4 is 0 Å². The molecule has 4 heterocycles. The number of carbonyl (C=O) groups excluding carboxylic acids is 3. The second-order valence-electron chi connectivity index (χ2n) is 7.90. The molecule has 0 atom stereocenters. The maximum atomic E-state index is 14.7. The highest BCUT2D eigenvalue weighted by molar-refractivity contribution is 6.45. The van der Waals surface area contributed by atoms with Crippen molar-refractivity contribution >= 4 is 28.5 Å². The van der Waals surface area contributed by atoms with Gasteiger partial charge in [-0.25, -0.2) is 19.0 Å². The third kappa shape index (κ3) is 3.70. The van der Waals surface area contributed by atoms with Crippen LogP contribution in [-0.2, 0) is 4.79 Å². The third-order valence-corrected chi connectivity index (χ3v) is 5.78. The van der Waals surface area contributed by atoms with Gasteiger partial charge in [0.05, 0.1) is 22.7 Å². The van der Waals surface area contributed by atoms with E-state index >= 15 is 0 Å². The van der Waals surface area contributed by atoms with E-state index in [0.717, 1.165) is 6.20 Å². The number of aryl methyl sites for hydroxylation is 1. The molecule has 0 spiro atoms. The lowest BCUT2D eigenvalue weighted by molar-refractivity contribution is -0.127. The van der Waals surface area contributed by atoms with Crippen LogP contribution in [0.3, 0.4) is 0 Å². The fourth-order valence-corrected chi connectivity index (χ4v) is 4.03. The molecule has 1 saturated heterocycles. The fraction of sp³-hybridized carbons (Fsp3) is 0.217. The molecule has 1 fully saturated rings. The number of Topliss-reactive ketones (excluding diaryl/α,β-unsaturated/α-hetero) is 1. The van der Waals surface area contributed by atoms with Crippen LogP contribution in [0.5, 0.6) is 0 Å². The number of benzene rings is 1. The van der Waals surface area contributed by atoms with Crippen LogP contribution in [0.15, 0.2) is 49.1 Å². The summed E-state index contributed by atoms with van der Waals surface area (Å²) in [6, 6.07) is 8.88. The van der Waals surface area contributed by atoms with Gasteiger partial charge < -0.3 is 14.8 Å². The molecule has 11 heteroatoms. The minimum Gasteiger partial charge on any atom is -0.357 e. The normalized spacial score (nSPS) is 13.9.